The molecule has 4 heterocycles. The van der Waals surface area contributed by atoms with Gasteiger partial charge in [0, 0.05) is 6.54 Å². The first-order chi connectivity index (χ1) is 6.28. The minimum absolute atomic E-state index is 0.0341. The Morgan fingerprint density at radius 1 is 1.46 bits per heavy atom. The number of piperidine rings is 3. The maximum atomic E-state index is 11.0. The summed E-state index contributed by atoms with van der Waals surface area (Å²) in [4.78, 5) is 13.5. The van der Waals surface area contributed by atoms with Crippen molar-refractivity contribution in [2.24, 2.45) is 5.92 Å². The number of nitrogens with one attached hydrogen (secondary N) is 1. The van der Waals surface area contributed by atoms with Crippen molar-refractivity contribution < 1.29 is 9.53 Å². The summed E-state index contributed by atoms with van der Waals surface area (Å²) in [6.45, 7) is 3.96. The van der Waals surface area contributed by atoms with Gasteiger partial charge in [0.05, 0.1) is 5.54 Å². The summed E-state index contributed by atoms with van der Waals surface area (Å²) in [5, 5.41) is 3.00. The van der Waals surface area contributed by atoms with Crippen LogP contribution in [0.15, 0.2) is 0 Å². The third-order valence-corrected chi connectivity index (χ3v) is 3.69. The van der Waals surface area contributed by atoms with Gasteiger partial charge in [-0.05, 0) is 31.8 Å². The molecule has 4 nitrogen and oxygen atoms in total. The largest absolute Gasteiger partial charge is 0.447 e. The summed E-state index contributed by atoms with van der Waals surface area (Å²) in [5.74, 6) is 0.643. The second kappa shape index (κ2) is 2.38. The number of nitrogens with zero attached hydrogens (tertiary/aromatic N) is 1. The monoisotopic (exact) mass is 182 g/mol. The molecule has 0 aromatic heterocycles. The number of hydrogen-bond acceptors (Lipinski definition) is 3. The Kier molecular flexibility index (Phi) is 1.39. The molecule has 13 heavy (non-hydrogen) atoms. The number of rotatable bonds is 0. The van der Waals surface area contributed by atoms with Gasteiger partial charge >= 0.3 is 6.09 Å². The van der Waals surface area contributed by atoms with Crippen molar-refractivity contribution in [3.8, 4) is 0 Å². The summed E-state index contributed by atoms with van der Waals surface area (Å²) < 4.78 is 5.02. The Morgan fingerprint density at radius 3 is 2.69 bits per heavy atom. The molecule has 4 heteroatoms. The number of alkyl carbamates (subject to hydrolysis) is 1. The maximum Gasteiger partial charge on any atom is 0.407 e. The molecule has 72 valence electrons. The lowest BCUT2D eigenvalue weighted by Crippen LogP contribution is -2.65. The van der Waals surface area contributed by atoms with Crippen LogP contribution < -0.4 is 5.32 Å². The van der Waals surface area contributed by atoms with Gasteiger partial charge < -0.3 is 15.0 Å². The first-order valence-electron chi connectivity index (χ1n) is 4.96. The Morgan fingerprint density at radius 2 is 2.23 bits per heavy atom. The molecule has 0 aliphatic carbocycles. The molecule has 4 aliphatic rings. The minimum atomic E-state index is -0.228. The first kappa shape index (κ1) is 7.62. The van der Waals surface area contributed by atoms with Crippen molar-refractivity contribution in [1.29, 1.82) is 0 Å². The molecule has 0 aromatic carbocycles. The summed E-state index contributed by atoms with van der Waals surface area (Å²) >= 11 is 0. The highest BCUT2D eigenvalue weighted by Gasteiger charge is 2.51. The van der Waals surface area contributed by atoms with Gasteiger partial charge in [0.1, 0.15) is 6.61 Å². The number of hydrogen-bond donors (Lipinski definition) is 1. The van der Waals surface area contributed by atoms with Crippen LogP contribution in [0.1, 0.15) is 12.8 Å². The van der Waals surface area contributed by atoms with Crippen LogP contribution in [0.4, 0.5) is 4.79 Å². The Balaban J connectivity index is 1.87. The fourth-order valence-electron chi connectivity index (χ4n) is 2.95. The van der Waals surface area contributed by atoms with E-state index in [9.17, 15) is 4.79 Å². The maximum absolute atomic E-state index is 11.0. The second-order valence-corrected chi connectivity index (χ2v) is 4.41. The van der Waals surface area contributed by atoms with E-state index in [0.717, 1.165) is 6.54 Å². The predicted molar refractivity (Wildman–Crippen MR) is 46.4 cm³/mol. The van der Waals surface area contributed by atoms with E-state index in [0.29, 0.717) is 12.5 Å². The first-order valence-corrected chi connectivity index (χ1v) is 4.96. The zero-order chi connectivity index (χ0) is 8.89. The highest BCUT2D eigenvalue weighted by atomic mass is 16.6. The fraction of sp³-hybridized carbons (Fsp3) is 0.889. The summed E-state index contributed by atoms with van der Waals surface area (Å²) in [5.41, 5.74) is -0.0341. The lowest BCUT2D eigenvalue weighted by Gasteiger charge is -2.50. The highest BCUT2D eigenvalue weighted by molar-refractivity contribution is 5.71. The number of carbonyl (C=O) groups is 1. The number of ether oxygens (including phenoxy) is 1. The van der Waals surface area contributed by atoms with E-state index in [2.05, 4.69) is 10.2 Å². The van der Waals surface area contributed by atoms with Crippen LogP contribution >= 0.6 is 0 Å². The van der Waals surface area contributed by atoms with E-state index in [1.165, 1.54) is 25.9 Å². The van der Waals surface area contributed by atoms with Gasteiger partial charge in [0.2, 0.25) is 0 Å². The van der Waals surface area contributed by atoms with Crippen molar-refractivity contribution in [1.82, 2.24) is 10.2 Å². The van der Waals surface area contributed by atoms with Crippen molar-refractivity contribution >= 4 is 6.09 Å². The summed E-state index contributed by atoms with van der Waals surface area (Å²) in [7, 11) is 0. The molecule has 2 bridgehead atoms. The van der Waals surface area contributed by atoms with Gasteiger partial charge in [-0.3, -0.25) is 0 Å². The van der Waals surface area contributed by atoms with Crippen molar-refractivity contribution in [3.63, 3.8) is 0 Å². The van der Waals surface area contributed by atoms with Crippen LogP contribution in [0.2, 0.25) is 0 Å². The molecule has 1 N–H and O–H groups in total. The fourth-order valence-corrected chi connectivity index (χ4v) is 2.95. The number of amides is 1. The van der Waals surface area contributed by atoms with Gasteiger partial charge in [-0.2, -0.15) is 0 Å². The van der Waals surface area contributed by atoms with Crippen LogP contribution in [0.25, 0.3) is 0 Å². The average Bonchev–Trinajstić information content (AvgIpc) is 2.49. The molecule has 0 saturated carbocycles. The van der Waals surface area contributed by atoms with Crippen molar-refractivity contribution in [2.45, 2.75) is 18.4 Å². The zero-order valence-corrected chi connectivity index (χ0v) is 7.58. The topological polar surface area (TPSA) is 41.6 Å². The lowest BCUT2D eigenvalue weighted by atomic mass is 9.74. The van der Waals surface area contributed by atoms with Crippen LogP contribution in [-0.2, 0) is 4.74 Å². The van der Waals surface area contributed by atoms with Crippen molar-refractivity contribution in [3.05, 3.63) is 0 Å². The van der Waals surface area contributed by atoms with E-state index >= 15 is 0 Å². The third kappa shape index (κ3) is 0.981. The van der Waals surface area contributed by atoms with E-state index in [4.69, 9.17) is 4.74 Å². The normalized spacial score (nSPS) is 47.8. The lowest BCUT2D eigenvalue weighted by molar-refractivity contribution is 0.0113. The Labute approximate surface area is 77.2 Å². The molecule has 0 aromatic rings. The van der Waals surface area contributed by atoms with E-state index in [1.54, 1.807) is 0 Å². The van der Waals surface area contributed by atoms with Crippen LogP contribution in [0.3, 0.4) is 0 Å². The minimum Gasteiger partial charge on any atom is -0.447 e. The summed E-state index contributed by atoms with van der Waals surface area (Å²) in [6, 6.07) is 0. The number of cyclic esters (lactones) is 1. The van der Waals surface area contributed by atoms with E-state index in [-0.39, 0.29) is 11.6 Å². The molecule has 4 aliphatic heterocycles. The highest BCUT2D eigenvalue weighted by Crippen LogP contribution is 2.37. The summed E-state index contributed by atoms with van der Waals surface area (Å²) in [6.07, 6.45) is 2.20. The molecule has 1 atom stereocenters. The molecule has 4 saturated heterocycles. The molecule has 4 rings (SSSR count). The number of fused-ring (bicyclic) bond motifs is 2. The van der Waals surface area contributed by atoms with Gasteiger partial charge in [0.25, 0.3) is 0 Å². The molecule has 1 amide bonds. The smallest absolute Gasteiger partial charge is 0.407 e. The van der Waals surface area contributed by atoms with Crippen LogP contribution in [0, 0.1) is 5.92 Å². The molecule has 0 radical (unpaired) electrons. The third-order valence-electron chi connectivity index (χ3n) is 3.69. The second-order valence-electron chi connectivity index (χ2n) is 4.41. The SMILES string of the molecule is O=C1N[C@@]2(CO1)CN1CCC2CC1. The van der Waals surface area contributed by atoms with Crippen LogP contribution in [0.5, 0.6) is 0 Å². The predicted octanol–water partition coefficient (Wildman–Crippen LogP) is 0.191. The molecule has 0 unspecified atom stereocenters. The van der Waals surface area contributed by atoms with Gasteiger partial charge in [-0.1, -0.05) is 0 Å². The van der Waals surface area contributed by atoms with Gasteiger partial charge in [-0.15, -0.1) is 0 Å². The zero-order valence-electron chi connectivity index (χ0n) is 7.58. The van der Waals surface area contributed by atoms with Crippen LogP contribution in [-0.4, -0.2) is 42.8 Å². The van der Waals surface area contributed by atoms with Gasteiger partial charge in [-0.25, -0.2) is 4.79 Å². The molecule has 4 fully saturated rings. The molecular formula is C9H14N2O2. The Bertz CT molecular complexity index is 248. The molecule has 1 spiro atoms. The van der Waals surface area contributed by atoms with Crippen molar-refractivity contribution in [2.75, 3.05) is 26.2 Å². The molecular weight excluding hydrogens is 168 g/mol. The average molecular weight is 182 g/mol. The number of carbonyl (C=O) groups excluding carboxylic acids is 1. The standard InChI is InChI=1S/C9H14N2O2/c12-8-10-9(6-13-8)5-11-3-1-7(9)2-4-11/h7H,1-6H2,(H,10,12)/t9-/m1/s1. The Hall–Kier alpha value is -0.770. The quantitative estimate of drug-likeness (QED) is 0.581. The van der Waals surface area contributed by atoms with E-state index in [1.807, 2.05) is 0 Å². The van der Waals surface area contributed by atoms with Gasteiger partial charge in [0.15, 0.2) is 0 Å². The van der Waals surface area contributed by atoms with E-state index < -0.39 is 0 Å².